The van der Waals surface area contributed by atoms with Gasteiger partial charge in [-0.15, -0.1) is 0 Å². The summed E-state index contributed by atoms with van der Waals surface area (Å²) in [5.41, 5.74) is 13.0. The molecule has 0 saturated carbocycles. The van der Waals surface area contributed by atoms with E-state index in [0.29, 0.717) is 6.54 Å². The van der Waals surface area contributed by atoms with E-state index < -0.39 is 22.2 Å². The molecule has 75 heavy (non-hydrogen) atoms. The molecule has 10 rings (SSSR count). The molecule has 0 saturated heterocycles. The van der Waals surface area contributed by atoms with E-state index >= 15 is 0 Å². The zero-order valence-electron chi connectivity index (χ0n) is 44.3. The number of aromatic nitrogens is 7. The van der Waals surface area contributed by atoms with Gasteiger partial charge in [0.15, 0.2) is 0 Å². The second kappa shape index (κ2) is 23.0. The van der Waals surface area contributed by atoms with Gasteiger partial charge in [-0.25, -0.2) is 9.97 Å². The Hall–Kier alpha value is -7.40. The van der Waals surface area contributed by atoms with Gasteiger partial charge >= 0.3 is 0 Å². The number of unbranched alkanes of at least 4 members (excludes halogenated alkanes) is 13. The highest BCUT2D eigenvalue weighted by atomic mass is 16.2. The number of aryl methyl sites for hydroxylation is 3. The summed E-state index contributed by atoms with van der Waals surface area (Å²) in [5, 5.41) is 0.711. The standard InChI is InChI=1S/C64H71N7O4/c1-5-8-11-14-17-20-38-70-61(72)46-39-48-49(40-47(46)62(70)73)64(75)71(63(48)74)41-42-25-27-43(28-26-42)59-54-33-29-50(65-54)44(22-18-15-12-9-6-2)52-31-35-56(67-52)60(58-24-21-37-69(58)4)57-36-32-53(68-57)45(23-19-16-13-10-7-3)51-30-34-55(59)66-51/h21,24-37,39-40,65-66H,5-20,22-23,38,41H2,1-4H3. The third kappa shape index (κ3) is 10.5. The van der Waals surface area contributed by atoms with E-state index in [1.165, 1.54) is 77.3 Å². The summed E-state index contributed by atoms with van der Waals surface area (Å²) in [6, 6.07) is 23.9. The van der Waals surface area contributed by atoms with Crippen LogP contribution in [0.1, 0.15) is 163 Å². The number of H-pyrrole nitrogens is 2. The van der Waals surface area contributed by atoms with Crippen molar-refractivity contribution in [2.75, 3.05) is 0 Å². The molecule has 386 valence electrons. The number of nitrogens with zero attached hydrogens (tertiary/aromatic N) is 5. The van der Waals surface area contributed by atoms with Crippen LogP contribution in [0.4, 0.5) is 0 Å². The molecule has 8 bridgehead atoms. The molecule has 0 spiro atoms. The predicted molar refractivity (Wildman–Crippen MR) is 311 cm³/mol. The zero-order chi connectivity index (χ0) is 52.0. The van der Waals surface area contributed by atoms with Crippen LogP contribution in [0.15, 0.2) is 98.2 Å². The highest BCUT2D eigenvalue weighted by molar-refractivity contribution is 5.98. The molecule has 6 aromatic heterocycles. The van der Waals surface area contributed by atoms with Crippen LogP contribution in [0.2, 0.25) is 0 Å². The quantitative estimate of drug-likeness (QED) is 0.0612. The van der Waals surface area contributed by atoms with E-state index in [9.17, 15) is 19.2 Å². The number of hydrogen-bond acceptors (Lipinski definition) is 6. The molecule has 2 aliphatic heterocycles. The number of benzene rings is 2. The third-order valence-corrected chi connectivity index (χ3v) is 15.6. The van der Waals surface area contributed by atoms with Crippen LogP contribution in [-0.2, 0) is 33.0 Å². The van der Waals surface area contributed by atoms with Crippen molar-refractivity contribution in [1.82, 2.24) is 33.6 Å². The normalized spacial score (nSPS) is 12.4. The van der Waals surface area contributed by atoms with E-state index in [2.05, 4.69) is 121 Å². The second-order valence-electron chi connectivity index (χ2n) is 20.9. The predicted octanol–water partition coefficient (Wildman–Crippen LogP) is 14.0. The minimum Gasteiger partial charge on any atom is -0.355 e. The SMILES string of the molecule is CCCCCCCCn1c(=O)c2cc3c(=O)n(Cc4ccc(-c5c6ccc([nH]6)c(CCCCCCC)c6nc(c(-c7cccn7C)c7nc(c(CCCCCCC)c8ccc5[nH]8)C=C7)C=C6)cc4)c(=O)c3cc2c1=O. The van der Waals surface area contributed by atoms with Crippen LogP contribution in [-0.4, -0.2) is 33.6 Å². The van der Waals surface area contributed by atoms with Crippen LogP contribution in [0.5, 0.6) is 0 Å². The zero-order valence-corrected chi connectivity index (χ0v) is 44.3. The van der Waals surface area contributed by atoms with Crippen molar-refractivity contribution in [3.63, 3.8) is 0 Å². The second-order valence-corrected chi connectivity index (χ2v) is 20.9. The molecule has 8 aromatic rings. The molecule has 0 atom stereocenters. The van der Waals surface area contributed by atoms with E-state index in [4.69, 9.17) is 9.97 Å². The first kappa shape index (κ1) is 51.1. The van der Waals surface area contributed by atoms with Gasteiger partial charge in [0.25, 0.3) is 22.2 Å². The van der Waals surface area contributed by atoms with Crippen LogP contribution in [0, 0.1) is 0 Å². The Labute approximate surface area is 438 Å². The fraction of sp³-hybridized carbons (Fsp3) is 0.375. The van der Waals surface area contributed by atoms with Gasteiger partial charge in [-0.2, -0.15) is 0 Å². The maximum Gasteiger partial charge on any atom is 0.261 e. The molecular weight excluding hydrogens is 931 g/mol. The van der Waals surface area contributed by atoms with Gasteiger partial charge in [-0.3, -0.25) is 28.3 Å². The molecule has 8 heterocycles. The van der Waals surface area contributed by atoms with Crippen molar-refractivity contribution in [1.29, 1.82) is 0 Å². The van der Waals surface area contributed by atoms with Gasteiger partial charge in [0.2, 0.25) is 0 Å². The van der Waals surface area contributed by atoms with Crippen LogP contribution in [0.25, 0.3) is 90.3 Å². The number of rotatable bonds is 23. The molecule has 2 N–H and O–H groups in total. The Morgan fingerprint density at radius 1 is 0.453 bits per heavy atom. The molecule has 0 aliphatic carbocycles. The molecule has 2 aliphatic rings. The van der Waals surface area contributed by atoms with Crippen molar-refractivity contribution < 1.29 is 0 Å². The third-order valence-electron chi connectivity index (χ3n) is 15.6. The highest BCUT2D eigenvalue weighted by Crippen LogP contribution is 2.35. The lowest BCUT2D eigenvalue weighted by atomic mass is 10.0. The molecule has 0 unspecified atom stereocenters. The van der Waals surface area contributed by atoms with E-state index in [-0.39, 0.29) is 28.1 Å². The number of aromatic amines is 2. The molecule has 2 aromatic carbocycles. The van der Waals surface area contributed by atoms with E-state index in [1.54, 1.807) is 0 Å². The topological polar surface area (TPSA) is 140 Å². The van der Waals surface area contributed by atoms with Crippen LogP contribution < -0.4 is 22.2 Å². The fourth-order valence-corrected chi connectivity index (χ4v) is 11.4. The molecule has 11 heteroatoms. The lowest BCUT2D eigenvalue weighted by Gasteiger charge is -2.08. The van der Waals surface area contributed by atoms with E-state index in [1.807, 2.05) is 12.1 Å². The highest BCUT2D eigenvalue weighted by Gasteiger charge is 2.22. The maximum absolute atomic E-state index is 14.0. The first-order valence-corrected chi connectivity index (χ1v) is 27.9. The average Bonchev–Trinajstić information content (AvgIpc) is 4.32. The Bertz CT molecular complexity index is 3640. The van der Waals surface area contributed by atoms with E-state index in [0.717, 1.165) is 143 Å². The van der Waals surface area contributed by atoms with Crippen molar-refractivity contribution in [3.8, 4) is 22.4 Å². The smallest absolute Gasteiger partial charge is 0.261 e. The summed E-state index contributed by atoms with van der Waals surface area (Å²) in [4.78, 5) is 73.7. The summed E-state index contributed by atoms with van der Waals surface area (Å²) < 4.78 is 4.64. The first-order chi connectivity index (χ1) is 36.7. The largest absolute Gasteiger partial charge is 0.355 e. The minimum atomic E-state index is -0.469. The molecule has 11 nitrogen and oxygen atoms in total. The lowest BCUT2D eigenvalue weighted by molar-refractivity contribution is 0.547. The number of fused-ring (bicyclic) bond motifs is 10. The van der Waals surface area contributed by atoms with Gasteiger partial charge in [-0.1, -0.05) is 129 Å². The van der Waals surface area contributed by atoms with Gasteiger partial charge in [-0.05, 0) is 116 Å². The summed E-state index contributed by atoms with van der Waals surface area (Å²) in [6.45, 7) is 7.03. The first-order valence-electron chi connectivity index (χ1n) is 27.9. The minimum absolute atomic E-state index is 0.0393. The average molecular weight is 1000 g/mol. The lowest BCUT2D eigenvalue weighted by Crippen LogP contribution is -2.26. The summed E-state index contributed by atoms with van der Waals surface area (Å²) in [5.74, 6) is 0. The van der Waals surface area contributed by atoms with Gasteiger partial charge in [0.1, 0.15) is 0 Å². The van der Waals surface area contributed by atoms with Gasteiger partial charge < -0.3 is 14.5 Å². The van der Waals surface area contributed by atoms with Crippen molar-refractivity contribution in [2.45, 2.75) is 149 Å². The Balaban J connectivity index is 1.07. The summed E-state index contributed by atoms with van der Waals surface area (Å²) in [6.07, 6.45) is 30.3. The van der Waals surface area contributed by atoms with Gasteiger partial charge in [0, 0.05) is 64.1 Å². The molecular formula is C64H71N7O4. The summed E-state index contributed by atoms with van der Waals surface area (Å²) >= 11 is 0. The monoisotopic (exact) mass is 1000 g/mol. The Morgan fingerprint density at radius 2 is 0.893 bits per heavy atom. The Kier molecular flexibility index (Phi) is 15.7. The van der Waals surface area contributed by atoms with Gasteiger partial charge in [0.05, 0.1) is 56.6 Å². The van der Waals surface area contributed by atoms with Crippen LogP contribution in [0.3, 0.4) is 0 Å². The number of hydrogen-bond donors (Lipinski definition) is 2. The van der Waals surface area contributed by atoms with Crippen molar-refractivity contribution in [2.24, 2.45) is 7.05 Å². The van der Waals surface area contributed by atoms with Crippen molar-refractivity contribution >= 4 is 67.9 Å². The Morgan fingerprint density at radius 3 is 1.37 bits per heavy atom. The fourth-order valence-electron chi connectivity index (χ4n) is 11.4. The van der Waals surface area contributed by atoms with Crippen molar-refractivity contribution in [3.05, 3.63) is 160 Å². The molecule has 0 radical (unpaired) electrons. The van der Waals surface area contributed by atoms with Crippen LogP contribution >= 0.6 is 0 Å². The number of nitrogens with one attached hydrogen (secondary N) is 2. The maximum atomic E-state index is 14.0. The molecule has 0 fully saturated rings. The molecule has 0 amide bonds. The summed E-state index contributed by atoms with van der Waals surface area (Å²) in [7, 11) is 2.08.